The van der Waals surface area contributed by atoms with Gasteiger partial charge in [-0.3, -0.25) is 9.78 Å². The number of hydrogen-bond acceptors (Lipinski definition) is 10. The molecule has 10 heteroatoms. The molecule has 230 valence electrons. The van der Waals surface area contributed by atoms with Crippen LogP contribution in [0.4, 0.5) is 11.6 Å². The summed E-state index contributed by atoms with van der Waals surface area (Å²) in [5.74, 6) is 2.50. The van der Waals surface area contributed by atoms with Crippen LogP contribution >= 0.6 is 0 Å². The van der Waals surface area contributed by atoms with Crippen molar-refractivity contribution >= 4 is 17.6 Å². The summed E-state index contributed by atoms with van der Waals surface area (Å²) in [5.41, 5.74) is 3.57. The van der Waals surface area contributed by atoms with Crippen LogP contribution in [-0.4, -0.2) is 86.3 Å². The van der Waals surface area contributed by atoms with E-state index in [0.717, 1.165) is 62.6 Å². The van der Waals surface area contributed by atoms with Gasteiger partial charge in [0.25, 0.3) is 0 Å². The average Bonchev–Trinajstić information content (AvgIpc) is 3.24. The van der Waals surface area contributed by atoms with Gasteiger partial charge in [-0.05, 0) is 61.8 Å². The summed E-state index contributed by atoms with van der Waals surface area (Å²) < 4.78 is 21.7. The van der Waals surface area contributed by atoms with Crippen molar-refractivity contribution in [3.63, 3.8) is 0 Å². The smallest absolute Gasteiger partial charge is 0.308 e. The number of benzene rings is 1. The normalized spacial score (nSPS) is 17.9. The van der Waals surface area contributed by atoms with Gasteiger partial charge in [-0.25, -0.2) is 9.97 Å². The van der Waals surface area contributed by atoms with Gasteiger partial charge in [-0.15, -0.1) is 0 Å². The fourth-order valence-electron chi connectivity index (χ4n) is 5.36. The van der Waals surface area contributed by atoms with Gasteiger partial charge >= 0.3 is 5.97 Å². The van der Waals surface area contributed by atoms with Gasteiger partial charge in [0.15, 0.2) is 5.82 Å². The molecule has 5 rings (SSSR count). The lowest BCUT2D eigenvalue weighted by Gasteiger charge is -2.35. The molecule has 1 saturated carbocycles. The summed E-state index contributed by atoms with van der Waals surface area (Å²) in [6, 6.07) is 16.5. The second-order valence-electron chi connectivity index (χ2n) is 10.9. The number of hydrogen-bond donors (Lipinski definition) is 1. The summed E-state index contributed by atoms with van der Waals surface area (Å²) in [4.78, 5) is 28.8. The Morgan fingerprint density at radius 3 is 2.30 bits per heavy atom. The Morgan fingerprint density at radius 1 is 0.907 bits per heavy atom. The van der Waals surface area contributed by atoms with Crippen LogP contribution in [0.1, 0.15) is 37.3 Å². The highest BCUT2D eigenvalue weighted by atomic mass is 16.6. The zero-order valence-electron chi connectivity index (χ0n) is 25.1. The zero-order chi connectivity index (χ0) is 29.7. The molecular formula is C33H43N5O5. The van der Waals surface area contributed by atoms with E-state index in [0.29, 0.717) is 51.4 Å². The van der Waals surface area contributed by atoms with E-state index in [9.17, 15) is 4.79 Å². The third-order valence-electron chi connectivity index (χ3n) is 7.81. The Morgan fingerprint density at radius 2 is 1.60 bits per heavy atom. The third kappa shape index (κ3) is 9.44. The molecule has 0 unspecified atom stereocenters. The van der Waals surface area contributed by atoms with Crippen molar-refractivity contribution in [2.45, 2.75) is 45.1 Å². The Hall–Kier alpha value is -3.60. The fraction of sp³-hybridized carbons (Fsp3) is 0.515. The first-order chi connectivity index (χ1) is 21.2. The van der Waals surface area contributed by atoms with Crippen molar-refractivity contribution in [1.82, 2.24) is 15.0 Å². The highest BCUT2D eigenvalue weighted by Crippen LogP contribution is 2.31. The van der Waals surface area contributed by atoms with Gasteiger partial charge in [-0.1, -0.05) is 30.3 Å². The highest BCUT2D eigenvalue weighted by Gasteiger charge is 2.32. The Kier molecular flexibility index (Phi) is 11.7. The van der Waals surface area contributed by atoms with Gasteiger partial charge < -0.3 is 29.2 Å². The SMILES string of the molecule is CCOCCOCCOCCC(=O)OC1CC(CNc2cc(N3CCc4ccccc4CC3)nc(-c3ccccn3)n2)C1. The van der Waals surface area contributed by atoms with Gasteiger partial charge in [0, 0.05) is 38.5 Å². The van der Waals surface area contributed by atoms with Crippen LogP contribution < -0.4 is 10.2 Å². The average molecular weight is 590 g/mol. The molecule has 0 spiro atoms. The van der Waals surface area contributed by atoms with E-state index in [4.69, 9.17) is 28.9 Å². The number of ether oxygens (including phenoxy) is 4. The van der Waals surface area contributed by atoms with Gasteiger partial charge in [0.05, 0.1) is 39.5 Å². The van der Waals surface area contributed by atoms with Crippen LogP contribution in [0.3, 0.4) is 0 Å². The minimum atomic E-state index is -0.214. The lowest BCUT2D eigenvalue weighted by molar-refractivity contribution is -0.156. The predicted octanol–water partition coefficient (Wildman–Crippen LogP) is 4.34. The number of rotatable bonds is 16. The van der Waals surface area contributed by atoms with Crippen molar-refractivity contribution in [1.29, 1.82) is 0 Å². The Balaban J connectivity index is 1.07. The molecule has 1 fully saturated rings. The van der Waals surface area contributed by atoms with Crippen molar-refractivity contribution in [3.05, 3.63) is 65.9 Å². The van der Waals surface area contributed by atoms with E-state index in [1.54, 1.807) is 6.20 Å². The molecule has 0 radical (unpaired) electrons. The summed E-state index contributed by atoms with van der Waals surface area (Å²) in [6.07, 6.45) is 5.62. The number of carbonyl (C=O) groups excluding carboxylic acids is 1. The second-order valence-corrected chi connectivity index (χ2v) is 10.9. The van der Waals surface area contributed by atoms with Crippen LogP contribution in [-0.2, 0) is 36.6 Å². The zero-order valence-corrected chi connectivity index (χ0v) is 25.1. The minimum absolute atomic E-state index is 0.0371. The van der Waals surface area contributed by atoms with Gasteiger partial charge in [0.1, 0.15) is 23.4 Å². The monoisotopic (exact) mass is 589 g/mol. The molecule has 1 aromatic carbocycles. The Bertz CT molecular complexity index is 1260. The number of carbonyl (C=O) groups is 1. The molecule has 10 nitrogen and oxygen atoms in total. The Labute approximate surface area is 254 Å². The first-order valence-electron chi connectivity index (χ1n) is 15.5. The van der Waals surface area contributed by atoms with Crippen LogP contribution in [0, 0.1) is 5.92 Å². The fourth-order valence-corrected chi connectivity index (χ4v) is 5.36. The molecule has 0 amide bonds. The molecule has 0 bridgehead atoms. The lowest BCUT2D eigenvalue weighted by Crippen LogP contribution is -2.37. The summed E-state index contributed by atoms with van der Waals surface area (Å²) in [7, 11) is 0. The summed E-state index contributed by atoms with van der Waals surface area (Å²) >= 11 is 0. The van der Waals surface area contributed by atoms with E-state index in [-0.39, 0.29) is 18.5 Å². The molecule has 2 aromatic heterocycles. The molecule has 1 aliphatic heterocycles. The lowest BCUT2D eigenvalue weighted by atomic mass is 9.82. The maximum absolute atomic E-state index is 12.2. The number of esters is 1. The third-order valence-corrected chi connectivity index (χ3v) is 7.81. The summed E-state index contributed by atoms with van der Waals surface area (Å²) in [6.45, 7) is 7.61. The molecule has 3 heterocycles. The maximum atomic E-state index is 12.2. The number of nitrogens with zero attached hydrogens (tertiary/aromatic N) is 4. The van der Waals surface area contributed by atoms with Gasteiger partial charge in [-0.2, -0.15) is 0 Å². The van der Waals surface area contributed by atoms with Crippen LogP contribution in [0.15, 0.2) is 54.7 Å². The molecule has 0 atom stereocenters. The molecule has 43 heavy (non-hydrogen) atoms. The van der Waals surface area contributed by atoms with Crippen LogP contribution in [0.5, 0.6) is 0 Å². The minimum Gasteiger partial charge on any atom is -0.462 e. The first-order valence-corrected chi connectivity index (χ1v) is 15.5. The van der Waals surface area contributed by atoms with Gasteiger partial charge in [0.2, 0.25) is 0 Å². The molecule has 1 N–H and O–H groups in total. The number of aromatic nitrogens is 3. The number of nitrogens with one attached hydrogen (secondary N) is 1. The molecule has 3 aromatic rings. The predicted molar refractivity (Wildman–Crippen MR) is 165 cm³/mol. The molecule has 0 saturated heterocycles. The molecular weight excluding hydrogens is 546 g/mol. The molecule has 1 aliphatic carbocycles. The number of pyridine rings is 1. The topological polar surface area (TPSA) is 108 Å². The molecule has 2 aliphatic rings. The van der Waals surface area contributed by atoms with E-state index in [2.05, 4.69) is 39.5 Å². The largest absolute Gasteiger partial charge is 0.462 e. The van der Waals surface area contributed by atoms with E-state index >= 15 is 0 Å². The first kappa shape index (κ1) is 30.8. The van der Waals surface area contributed by atoms with Crippen molar-refractivity contribution < 1.29 is 23.7 Å². The second kappa shape index (κ2) is 16.3. The van der Waals surface area contributed by atoms with Crippen molar-refractivity contribution in [2.75, 3.05) is 69.5 Å². The number of anilines is 2. The highest BCUT2D eigenvalue weighted by molar-refractivity contribution is 5.69. The standard InChI is InChI=1S/C33H43N5O5/c1-2-40-17-18-42-20-19-41-16-12-32(39)43-28-21-25(22-28)24-35-30-23-31(37-33(36-30)29-9-5-6-13-34-29)38-14-10-26-7-3-4-8-27(26)11-15-38/h3-9,13,23,25,28H,2,10-12,14-22,24H2,1H3,(H,35,36,37). The number of fused-ring (bicyclic) bond motifs is 1. The summed E-state index contributed by atoms with van der Waals surface area (Å²) in [5, 5.41) is 3.53. The maximum Gasteiger partial charge on any atom is 0.308 e. The van der Waals surface area contributed by atoms with Crippen LogP contribution in [0.25, 0.3) is 11.5 Å². The van der Waals surface area contributed by atoms with E-state index in [1.807, 2.05) is 31.2 Å². The van der Waals surface area contributed by atoms with Crippen molar-refractivity contribution in [3.8, 4) is 11.5 Å². The van der Waals surface area contributed by atoms with Crippen molar-refractivity contribution in [2.24, 2.45) is 5.92 Å². The van der Waals surface area contributed by atoms with Crippen LogP contribution in [0.2, 0.25) is 0 Å². The van der Waals surface area contributed by atoms with E-state index in [1.165, 1.54) is 11.1 Å². The quantitative estimate of drug-likeness (QED) is 0.192. The van der Waals surface area contributed by atoms with E-state index < -0.39 is 0 Å².